The van der Waals surface area contributed by atoms with Gasteiger partial charge in [-0.15, -0.1) is 13.2 Å². The van der Waals surface area contributed by atoms with Crippen molar-refractivity contribution in [3.8, 4) is 11.8 Å². The molecular formula is C9H7F3N2O2. The van der Waals surface area contributed by atoms with Crippen LogP contribution in [-0.2, 0) is 6.42 Å². The number of hydrogen-bond acceptors (Lipinski definition) is 3. The van der Waals surface area contributed by atoms with Crippen LogP contribution in [0.25, 0.3) is 0 Å². The lowest BCUT2D eigenvalue weighted by atomic mass is 10.1. The highest BCUT2D eigenvalue weighted by Crippen LogP contribution is 2.25. The molecular weight excluding hydrogens is 225 g/mol. The molecule has 0 amide bonds. The highest BCUT2D eigenvalue weighted by atomic mass is 19.4. The fourth-order valence-electron chi connectivity index (χ4n) is 1.17. The van der Waals surface area contributed by atoms with Crippen molar-refractivity contribution >= 4 is 0 Å². The molecule has 0 aliphatic carbocycles. The Kier molecular flexibility index (Phi) is 3.22. The maximum atomic E-state index is 12.0. The van der Waals surface area contributed by atoms with Gasteiger partial charge < -0.3 is 9.72 Å². The molecule has 7 heteroatoms. The fourth-order valence-corrected chi connectivity index (χ4v) is 1.17. The lowest BCUT2D eigenvalue weighted by Gasteiger charge is -2.12. The summed E-state index contributed by atoms with van der Waals surface area (Å²) in [6.45, 7) is 1.29. The normalized spacial score (nSPS) is 10.9. The molecule has 1 aromatic heterocycles. The van der Waals surface area contributed by atoms with Gasteiger partial charge in [-0.05, 0) is 6.92 Å². The Bertz CT molecular complexity index is 485. The van der Waals surface area contributed by atoms with Crippen LogP contribution in [-0.4, -0.2) is 11.3 Å². The zero-order valence-corrected chi connectivity index (χ0v) is 8.18. The number of nitrogens with one attached hydrogen (secondary N) is 1. The van der Waals surface area contributed by atoms with Crippen LogP contribution in [0, 0.1) is 18.3 Å². The lowest BCUT2D eigenvalue weighted by molar-refractivity contribution is -0.275. The minimum atomic E-state index is -4.83. The number of nitriles is 1. The molecule has 0 aromatic carbocycles. The molecule has 4 nitrogen and oxygen atoms in total. The van der Waals surface area contributed by atoms with Crippen LogP contribution in [0.2, 0.25) is 0 Å². The lowest BCUT2D eigenvalue weighted by Crippen LogP contribution is -2.21. The molecule has 0 aliphatic rings. The SMILES string of the molecule is Cc1c(OC(F)(F)F)c[nH]c(=O)c1CC#N. The first-order valence-corrected chi connectivity index (χ1v) is 4.19. The van der Waals surface area contributed by atoms with Crippen molar-refractivity contribution in [3.63, 3.8) is 0 Å². The zero-order valence-electron chi connectivity index (χ0n) is 8.18. The minimum Gasteiger partial charge on any atom is -0.404 e. The van der Waals surface area contributed by atoms with E-state index in [9.17, 15) is 18.0 Å². The van der Waals surface area contributed by atoms with Crippen LogP contribution in [0.5, 0.6) is 5.75 Å². The van der Waals surface area contributed by atoms with Crippen molar-refractivity contribution in [2.45, 2.75) is 19.7 Å². The minimum absolute atomic E-state index is 0.0163. The first kappa shape index (κ1) is 12.1. The van der Waals surface area contributed by atoms with Crippen LogP contribution in [0.3, 0.4) is 0 Å². The highest BCUT2D eigenvalue weighted by Gasteiger charge is 2.32. The van der Waals surface area contributed by atoms with E-state index >= 15 is 0 Å². The van der Waals surface area contributed by atoms with E-state index in [1.807, 2.05) is 0 Å². The molecule has 0 saturated heterocycles. The first-order chi connectivity index (χ1) is 7.35. The van der Waals surface area contributed by atoms with Crippen molar-refractivity contribution in [1.29, 1.82) is 5.26 Å². The number of ether oxygens (including phenoxy) is 1. The predicted octanol–water partition coefficient (Wildman–Crippen LogP) is 1.65. The Balaban J connectivity index is 3.20. The second-order valence-electron chi connectivity index (χ2n) is 2.97. The average molecular weight is 232 g/mol. The maximum absolute atomic E-state index is 12.0. The topological polar surface area (TPSA) is 65.9 Å². The number of rotatable bonds is 2. The molecule has 0 saturated carbocycles. The number of nitrogens with zero attached hydrogens (tertiary/aromatic N) is 1. The van der Waals surface area contributed by atoms with E-state index in [2.05, 4.69) is 9.72 Å². The summed E-state index contributed by atoms with van der Waals surface area (Å²) >= 11 is 0. The summed E-state index contributed by atoms with van der Waals surface area (Å²) in [5.74, 6) is -0.502. The van der Waals surface area contributed by atoms with Gasteiger partial charge in [-0.25, -0.2) is 0 Å². The van der Waals surface area contributed by atoms with E-state index < -0.39 is 17.7 Å². The maximum Gasteiger partial charge on any atom is 0.573 e. The smallest absolute Gasteiger partial charge is 0.404 e. The van der Waals surface area contributed by atoms with E-state index in [-0.39, 0.29) is 17.5 Å². The fraction of sp³-hybridized carbons (Fsp3) is 0.333. The number of pyridine rings is 1. The second-order valence-corrected chi connectivity index (χ2v) is 2.97. The van der Waals surface area contributed by atoms with Crippen molar-refractivity contribution in [2.75, 3.05) is 0 Å². The Morgan fingerprint density at radius 2 is 2.19 bits per heavy atom. The molecule has 0 spiro atoms. The summed E-state index contributed by atoms with van der Waals surface area (Å²) in [6, 6.07) is 1.70. The summed E-state index contributed by atoms with van der Waals surface area (Å²) in [5.41, 5.74) is -0.597. The summed E-state index contributed by atoms with van der Waals surface area (Å²) in [4.78, 5) is 13.3. The third kappa shape index (κ3) is 2.76. The van der Waals surface area contributed by atoms with Gasteiger partial charge in [0.1, 0.15) is 5.75 Å². The molecule has 0 bridgehead atoms. The van der Waals surface area contributed by atoms with Crippen molar-refractivity contribution in [2.24, 2.45) is 0 Å². The molecule has 86 valence electrons. The number of hydrogen-bond donors (Lipinski definition) is 1. The molecule has 1 N–H and O–H groups in total. The Morgan fingerprint density at radius 3 is 2.69 bits per heavy atom. The summed E-state index contributed by atoms with van der Waals surface area (Å²) in [6.07, 6.45) is -4.27. The zero-order chi connectivity index (χ0) is 12.3. The van der Waals surface area contributed by atoms with Gasteiger partial charge in [-0.3, -0.25) is 4.79 Å². The van der Waals surface area contributed by atoms with Crippen molar-refractivity contribution < 1.29 is 17.9 Å². The summed E-state index contributed by atoms with van der Waals surface area (Å²) in [5, 5.41) is 8.43. The quantitative estimate of drug-likeness (QED) is 0.842. The first-order valence-electron chi connectivity index (χ1n) is 4.19. The highest BCUT2D eigenvalue weighted by molar-refractivity contribution is 5.37. The molecule has 0 fully saturated rings. The van der Waals surface area contributed by atoms with Gasteiger partial charge in [-0.1, -0.05) is 0 Å². The van der Waals surface area contributed by atoms with Crippen LogP contribution in [0.15, 0.2) is 11.0 Å². The van der Waals surface area contributed by atoms with E-state index in [4.69, 9.17) is 5.26 Å². The van der Waals surface area contributed by atoms with E-state index in [1.54, 1.807) is 6.07 Å². The number of halogens is 3. The monoisotopic (exact) mass is 232 g/mol. The second kappa shape index (κ2) is 4.26. The van der Waals surface area contributed by atoms with Crippen LogP contribution >= 0.6 is 0 Å². The predicted molar refractivity (Wildman–Crippen MR) is 47.8 cm³/mol. The average Bonchev–Trinajstić information content (AvgIpc) is 2.15. The third-order valence-electron chi connectivity index (χ3n) is 1.91. The van der Waals surface area contributed by atoms with Gasteiger partial charge >= 0.3 is 6.36 Å². The number of H-pyrrole nitrogens is 1. The van der Waals surface area contributed by atoms with Gasteiger partial charge in [0.2, 0.25) is 0 Å². The molecule has 0 atom stereocenters. The largest absolute Gasteiger partial charge is 0.573 e. The Morgan fingerprint density at radius 1 is 1.56 bits per heavy atom. The number of aromatic amines is 1. The van der Waals surface area contributed by atoms with Gasteiger partial charge in [-0.2, -0.15) is 5.26 Å². The molecule has 1 rings (SSSR count). The van der Waals surface area contributed by atoms with E-state index in [0.717, 1.165) is 6.20 Å². The number of aromatic nitrogens is 1. The van der Waals surface area contributed by atoms with Crippen LogP contribution in [0.4, 0.5) is 13.2 Å². The van der Waals surface area contributed by atoms with Crippen LogP contribution in [0.1, 0.15) is 11.1 Å². The molecule has 0 aliphatic heterocycles. The summed E-state index contributed by atoms with van der Waals surface area (Å²) < 4.78 is 39.6. The van der Waals surface area contributed by atoms with Gasteiger partial charge in [0, 0.05) is 17.3 Å². The number of alkyl halides is 3. The van der Waals surface area contributed by atoms with Crippen LogP contribution < -0.4 is 10.3 Å². The molecule has 1 heterocycles. The Hall–Kier alpha value is -1.97. The Labute approximate surface area is 88.3 Å². The van der Waals surface area contributed by atoms with Gasteiger partial charge in [0.05, 0.1) is 12.5 Å². The third-order valence-corrected chi connectivity index (χ3v) is 1.91. The van der Waals surface area contributed by atoms with Crippen molar-refractivity contribution in [3.05, 3.63) is 27.7 Å². The molecule has 16 heavy (non-hydrogen) atoms. The molecule has 0 radical (unpaired) electrons. The molecule has 0 unspecified atom stereocenters. The summed E-state index contributed by atoms with van der Waals surface area (Å²) in [7, 11) is 0. The standard InChI is InChI=1S/C9H7F3N2O2/c1-5-6(2-3-13)8(15)14-4-7(5)16-9(10,11)12/h4H,2H2,1H3,(H,14,15). The van der Waals surface area contributed by atoms with Gasteiger partial charge in [0.25, 0.3) is 5.56 Å². The van der Waals surface area contributed by atoms with Crippen molar-refractivity contribution in [1.82, 2.24) is 4.98 Å². The molecule has 1 aromatic rings. The van der Waals surface area contributed by atoms with Gasteiger partial charge in [0.15, 0.2) is 0 Å². The van der Waals surface area contributed by atoms with E-state index in [1.165, 1.54) is 6.92 Å². The van der Waals surface area contributed by atoms with E-state index in [0.29, 0.717) is 0 Å².